The van der Waals surface area contributed by atoms with Gasteiger partial charge in [-0.2, -0.15) is 0 Å². The van der Waals surface area contributed by atoms with Crippen LogP contribution in [0.2, 0.25) is 5.02 Å². The van der Waals surface area contributed by atoms with E-state index >= 15 is 0 Å². The zero-order chi connectivity index (χ0) is 19.0. The number of hydrogen-bond acceptors (Lipinski definition) is 4. The number of aromatic nitrogens is 2. The first-order valence-electron chi connectivity index (χ1n) is 9.19. The highest BCUT2D eigenvalue weighted by molar-refractivity contribution is 7.91. The molecule has 0 amide bonds. The van der Waals surface area contributed by atoms with Gasteiger partial charge < -0.3 is 9.47 Å². The minimum Gasteiger partial charge on any atom is -0.327 e. The van der Waals surface area contributed by atoms with Crippen molar-refractivity contribution in [1.29, 1.82) is 0 Å². The summed E-state index contributed by atoms with van der Waals surface area (Å²) >= 11 is 5.92. The van der Waals surface area contributed by atoms with Gasteiger partial charge in [0.2, 0.25) is 9.84 Å². The van der Waals surface area contributed by atoms with Crippen molar-refractivity contribution in [2.24, 2.45) is 0 Å². The second-order valence-corrected chi connectivity index (χ2v) is 9.28. The summed E-state index contributed by atoms with van der Waals surface area (Å²) in [5, 5.41) is 1.18. The van der Waals surface area contributed by atoms with E-state index in [9.17, 15) is 8.42 Å². The molecular weight excluding hydrogens is 382 g/mol. The van der Waals surface area contributed by atoms with Gasteiger partial charge in [-0.3, -0.25) is 0 Å². The van der Waals surface area contributed by atoms with Crippen LogP contribution >= 0.6 is 11.6 Å². The summed E-state index contributed by atoms with van der Waals surface area (Å²) in [5.74, 6) is 0. The Morgan fingerprint density at radius 2 is 2.00 bits per heavy atom. The molecule has 1 fully saturated rings. The Morgan fingerprint density at radius 3 is 2.74 bits per heavy atom. The van der Waals surface area contributed by atoms with E-state index in [1.54, 1.807) is 42.7 Å². The topological polar surface area (TPSA) is 55.2 Å². The van der Waals surface area contributed by atoms with Crippen molar-refractivity contribution in [3.05, 3.63) is 53.8 Å². The van der Waals surface area contributed by atoms with Crippen LogP contribution in [0.1, 0.15) is 25.8 Å². The molecule has 3 aromatic rings. The number of piperidine rings is 1. The second-order valence-electron chi connectivity index (χ2n) is 6.92. The van der Waals surface area contributed by atoms with Crippen molar-refractivity contribution in [3.8, 4) is 0 Å². The first-order chi connectivity index (χ1) is 13.0. The molecule has 7 heteroatoms. The molecule has 0 N–H and O–H groups in total. The Labute approximate surface area is 164 Å². The van der Waals surface area contributed by atoms with Crippen LogP contribution in [0, 0.1) is 0 Å². The lowest BCUT2D eigenvalue weighted by molar-refractivity contribution is 0.187. The first-order valence-corrected chi connectivity index (χ1v) is 11.1. The molecule has 1 aromatic carbocycles. The van der Waals surface area contributed by atoms with Crippen LogP contribution in [0.5, 0.6) is 0 Å². The largest absolute Gasteiger partial charge is 0.327 e. The molecule has 3 heterocycles. The quantitative estimate of drug-likeness (QED) is 0.655. The zero-order valence-corrected chi connectivity index (χ0v) is 16.7. The van der Waals surface area contributed by atoms with Gasteiger partial charge in [0.1, 0.15) is 5.65 Å². The minimum absolute atomic E-state index is 0.227. The standard InChI is InChI=1S/C20H22ClN3O2S/c1-2-23-12-4-5-16(13-23)24-14-19(18-6-3-11-22-20(18)24)27(25,26)17-9-7-15(21)8-10-17/h3,6-11,14,16H,2,4-5,12-13H2,1H3. The zero-order valence-electron chi connectivity index (χ0n) is 15.2. The second kappa shape index (κ2) is 7.26. The summed E-state index contributed by atoms with van der Waals surface area (Å²) < 4.78 is 28.6. The van der Waals surface area contributed by atoms with Crippen LogP contribution < -0.4 is 0 Å². The summed E-state index contributed by atoms with van der Waals surface area (Å²) in [5.41, 5.74) is 0.730. The van der Waals surface area contributed by atoms with Crippen molar-refractivity contribution in [2.45, 2.75) is 35.6 Å². The number of sulfone groups is 1. The summed E-state index contributed by atoms with van der Waals surface area (Å²) in [6.45, 7) is 5.16. The van der Waals surface area contributed by atoms with Gasteiger partial charge in [0.05, 0.1) is 9.79 Å². The van der Waals surface area contributed by atoms with Gasteiger partial charge >= 0.3 is 0 Å². The number of hydrogen-bond donors (Lipinski definition) is 0. The maximum absolute atomic E-state index is 13.3. The molecule has 1 atom stereocenters. The third kappa shape index (κ3) is 3.37. The van der Waals surface area contributed by atoms with Crippen LogP contribution in [0.15, 0.2) is 58.6 Å². The SMILES string of the molecule is CCN1CCCC(n2cc(S(=O)(=O)c3ccc(Cl)cc3)c3cccnc32)C1. The summed E-state index contributed by atoms with van der Waals surface area (Å²) in [7, 11) is -3.65. The lowest BCUT2D eigenvalue weighted by Gasteiger charge is -2.32. The predicted molar refractivity (Wildman–Crippen MR) is 107 cm³/mol. The molecule has 0 saturated carbocycles. The van der Waals surface area contributed by atoms with Crippen molar-refractivity contribution in [3.63, 3.8) is 0 Å². The Balaban J connectivity index is 1.84. The molecule has 0 aliphatic carbocycles. The normalized spacial score (nSPS) is 18.8. The molecular formula is C20H22ClN3O2S. The Kier molecular flexibility index (Phi) is 4.97. The molecule has 1 aliphatic rings. The average molecular weight is 404 g/mol. The van der Waals surface area contributed by atoms with Crippen LogP contribution in [-0.4, -0.2) is 42.5 Å². The van der Waals surface area contributed by atoms with Gasteiger partial charge in [-0.05, 0) is 62.3 Å². The van der Waals surface area contributed by atoms with E-state index in [2.05, 4.69) is 21.4 Å². The highest BCUT2D eigenvalue weighted by Gasteiger charge is 2.28. The first kappa shape index (κ1) is 18.5. The number of halogens is 1. The smallest absolute Gasteiger partial charge is 0.208 e. The Bertz CT molecular complexity index is 1060. The van der Waals surface area contributed by atoms with Gasteiger partial charge in [0, 0.05) is 35.4 Å². The number of rotatable bonds is 4. The van der Waals surface area contributed by atoms with E-state index in [1.807, 2.05) is 6.07 Å². The van der Waals surface area contributed by atoms with Gasteiger partial charge in [0.25, 0.3) is 0 Å². The third-order valence-electron chi connectivity index (χ3n) is 5.29. The number of benzene rings is 1. The summed E-state index contributed by atoms with van der Waals surface area (Å²) in [6.07, 6.45) is 5.62. The fourth-order valence-corrected chi connectivity index (χ4v) is 5.41. The Morgan fingerprint density at radius 1 is 1.22 bits per heavy atom. The number of nitrogens with zero attached hydrogens (tertiary/aromatic N) is 3. The van der Waals surface area contributed by atoms with E-state index in [-0.39, 0.29) is 10.9 Å². The molecule has 1 aliphatic heterocycles. The van der Waals surface area contributed by atoms with Crippen molar-refractivity contribution in [1.82, 2.24) is 14.5 Å². The van der Waals surface area contributed by atoms with E-state index in [4.69, 9.17) is 11.6 Å². The summed E-state index contributed by atoms with van der Waals surface area (Å²) in [6, 6.07) is 10.2. The molecule has 0 spiro atoms. The average Bonchev–Trinajstić information content (AvgIpc) is 3.09. The van der Waals surface area contributed by atoms with Crippen molar-refractivity contribution < 1.29 is 8.42 Å². The lowest BCUT2D eigenvalue weighted by Crippen LogP contribution is -2.36. The molecule has 142 valence electrons. The highest BCUT2D eigenvalue weighted by atomic mass is 35.5. The minimum atomic E-state index is -3.65. The van der Waals surface area contributed by atoms with Crippen molar-refractivity contribution in [2.75, 3.05) is 19.6 Å². The number of likely N-dealkylation sites (tertiary alicyclic amines) is 1. The highest BCUT2D eigenvalue weighted by Crippen LogP contribution is 2.33. The van der Waals surface area contributed by atoms with Crippen LogP contribution in [-0.2, 0) is 9.84 Å². The molecule has 0 bridgehead atoms. The molecule has 1 saturated heterocycles. The molecule has 0 radical (unpaired) electrons. The van der Waals surface area contributed by atoms with E-state index in [0.717, 1.165) is 38.1 Å². The molecule has 1 unspecified atom stereocenters. The number of fused-ring (bicyclic) bond motifs is 1. The van der Waals surface area contributed by atoms with E-state index < -0.39 is 9.84 Å². The van der Waals surface area contributed by atoms with Crippen LogP contribution in [0.3, 0.4) is 0 Å². The third-order valence-corrected chi connectivity index (χ3v) is 7.34. The van der Waals surface area contributed by atoms with Gasteiger partial charge in [0.15, 0.2) is 0 Å². The summed E-state index contributed by atoms with van der Waals surface area (Å²) in [4.78, 5) is 7.46. The molecule has 27 heavy (non-hydrogen) atoms. The van der Waals surface area contributed by atoms with Gasteiger partial charge in [-0.1, -0.05) is 18.5 Å². The monoisotopic (exact) mass is 403 g/mol. The van der Waals surface area contributed by atoms with Gasteiger partial charge in [-0.25, -0.2) is 13.4 Å². The fourth-order valence-electron chi connectivity index (χ4n) is 3.83. The Hall–Kier alpha value is -1.89. The van der Waals surface area contributed by atoms with Crippen molar-refractivity contribution >= 4 is 32.5 Å². The van der Waals surface area contributed by atoms with Crippen LogP contribution in [0.25, 0.3) is 11.0 Å². The predicted octanol–water partition coefficient (Wildman–Crippen LogP) is 4.18. The number of pyridine rings is 1. The fraction of sp³-hybridized carbons (Fsp3) is 0.350. The number of likely N-dealkylation sites (N-methyl/N-ethyl adjacent to an activating group) is 1. The van der Waals surface area contributed by atoms with Crippen LogP contribution in [0.4, 0.5) is 0 Å². The maximum Gasteiger partial charge on any atom is 0.208 e. The lowest BCUT2D eigenvalue weighted by atomic mass is 10.1. The molecule has 5 nitrogen and oxygen atoms in total. The van der Waals surface area contributed by atoms with E-state index in [0.29, 0.717) is 15.3 Å². The maximum atomic E-state index is 13.3. The molecule has 2 aromatic heterocycles. The molecule has 4 rings (SSSR count). The van der Waals surface area contributed by atoms with E-state index in [1.165, 1.54) is 0 Å². The van der Waals surface area contributed by atoms with Gasteiger partial charge in [-0.15, -0.1) is 0 Å².